The van der Waals surface area contributed by atoms with Gasteiger partial charge in [-0.2, -0.15) is 0 Å². The van der Waals surface area contributed by atoms with E-state index in [0.29, 0.717) is 6.54 Å². The molecule has 88 valence electrons. The fourth-order valence-corrected chi connectivity index (χ4v) is 1.83. The van der Waals surface area contributed by atoms with Crippen LogP contribution in [0, 0.1) is 6.92 Å². The van der Waals surface area contributed by atoms with Crippen molar-refractivity contribution in [1.82, 2.24) is 9.88 Å². The predicted molar refractivity (Wildman–Crippen MR) is 69.1 cm³/mol. The molecule has 2 rings (SSSR count). The lowest BCUT2D eigenvalue weighted by atomic mass is 10.1. The second-order valence-corrected chi connectivity index (χ2v) is 4.15. The molecule has 2 aromatic rings. The molecule has 0 spiro atoms. The average Bonchev–Trinajstić information content (AvgIpc) is 2.35. The summed E-state index contributed by atoms with van der Waals surface area (Å²) in [6.45, 7) is 4.58. The monoisotopic (exact) mass is 228 g/mol. The molecule has 0 fully saturated rings. The number of pyridine rings is 1. The van der Waals surface area contributed by atoms with Crippen LogP contribution in [0.1, 0.15) is 23.0 Å². The van der Waals surface area contributed by atoms with Crippen LogP contribution in [0.5, 0.6) is 0 Å². The first kappa shape index (κ1) is 11.6. The van der Waals surface area contributed by atoms with Crippen LogP contribution < -0.4 is 0 Å². The number of carbonyl (C=O) groups excluding carboxylic acids is 1. The zero-order valence-electron chi connectivity index (χ0n) is 10.4. The number of amides is 1. The third-order valence-electron chi connectivity index (χ3n) is 2.90. The number of nitrogens with zero attached hydrogens (tertiary/aromatic N) is 2. The fraction of sp³-hybridized carbons (Fsp3) is 0.286. The van der Waals surface area contributed by atoms with Crippen molar-refractivity contribution < 1.29 is 4.79 Å². The van der Waals surface area contributed by atoms with Gasteiger partial charge in [0.05, 0.1) is 11.1 Å². The SMILES string of the molecule is CCN(C)C(=O)c1cc(C)nc2ccccc12. The number of aryl methyl sites for hydroxylation is 1. The summed E-state index contributed by atoms with van der Waals surface area (Å²) >= 11 is 0. The van der Waals surface area contributed by atoms with Gasteiger partial charge in [-0.05, 0) is 26.0 Å². The van der Waals surface area contributed by atoms with E-state index in [1.165, 1.54) is 0 Å². The quantitative estimate of drug-likeness (QED) is 0.791. The molecular weight excluding hydrogens is 212 g/mol. The Morgan fingerprint density at radius 3 is 2.76 bits per heavy atom. The van der Waals surface area contributed by atoms with Gasteiger partial charge in [-0.25, -0.2) is 0 Å². The van der Waals surface area contributed by atoms with Crippen LogP contribution >= 0.6 is 0 Å². The molecule has 17 heavy (non-hydrogen) atoms. The molecule has 0 radical (unpaired) electrons. The molecule has 0 bridgehead atoms. The Balaban J connectivity index is 2.64. The lowest BCUT2D eigenvalue weighted by Gasteiger charge is -2.16. The molecule has 0 atom stereocenters. The van der Waals surface area contributed by atoms with Crippen LogP contribution in [0.3, 0.4) is 0 Å². The molecule has 0 aliphatic heterocycles. The molecule has 0 aliphatic rings. The summed E-state index contributed by atoms with van der Waals surface area (Å²) in [5, 5.41) is 0.920. The van der Waals surface area contributed by atoms with Gasteiger partial charge in [-0.3, -0.25) is 9.78 Å². The van der Waals surface area contributed by atoms with Crippen molar-refractivity contribution in [3.05, 3.63) is 41.6 Å². The van der Waals surface area contributed by atoms with Crippen molar-refractivity contribution in [3.63, 3.8) is 0 Å². The van der Waals surface area contributed by atoms with E-state index in [2.05, 4.69) is 4.98 Å². The first-order chi connectivity index (χ1) is 8.13. The van der Waals surface area contributed by atoms with Crippen LogP contribution in [0.2, 0.25) is 0 Å². The number of carbonyl (C=O) groups is 1. The third kappa shape index (κ3) is 2.13. The summed E-state index contributed by atoms with van der Waals surface area (Å²) in [4.78, 5) is 18.4. The number of hydrogen-bond acceptors (Lipinski definition) is 2. The van der Waals surface area contributed by atoms with Crippen LogP contribution in [0.4, 0.5) is 0 Å². The standard InChI is InChI=1S/C14H16N2O/c1-4-16(3)14(17)12-9-10(2)15-13-8-6-5-7-11(12)13/h5-9H,4H2,1-3H3. The Morgan fingerprint density at radius 2 is 2.06 bits per heavy atom. The lowest BCUT2D eigenvalue weighted by molar-refractivity contribution is 0.0804. The lowest BCUT2D eigenvalue weighted by Crippen LogP contribution is -2.26. The molecular formula is C14H16N2O. The number of fused-ring (bicyclic) bond motifs is 1. The maximum atomic E-state index is 12.2. The third-order valence-corrected chi connectivity index (χ3v) is 2.90. The Labute approximate surface area is 101 Å². The second kappa shape index (κ2) is 4.53. The molecule has 1 aromatic heterocycles. The average molecular weight is 228 g/mol. The molecule has 1 aromatic carbocycles. The summed E-state index contributed by atoms with van der Waals surface area (Å²) < 4.78 is 0. The van der Waals surface area contributed by atoms with Gasteiger partial charge in [0.15, 0.2) is 0 Å². The molecule has 3 heteroatoms. The summed E-state index contributed by atoms with van der Waals surface area (Å²) in [7, 11) is 1.81. The summed E-state index contributed by atoms with van der Waals surface area (Å²) in [6, 6.07) is 9.61. The van der Waals surface area contributed by atoms with E-state index in [0.717, 1.165) is 22.2 Å². The van der Waals surface area contributed by atoms with E-state index >= 15 is 0 Å². The van der Waals surface area contributed by atoms with Crippen molar-refractivity contribution >= 4 is 16.8 Å². The van der Waals surface area contributed by atoms with E-state index in [-0.39, 0.29) is 5.91 Å². The van der Waals surface area contributed by atoms with Gasteiger partial charge in [0, 0.05) is 24.7 Å². The van der Waals surface area contributed by atoms with E-state index in [4.69, 9.17) is 0 Å². The van der Waals surface area contributed by atoms with Gasteiger partial charge in [-0.15, -0.1) is 0 Å². The first-order valence-electron chi connectivity index (χ1n) is 5.75. The molecule has 0 aliphatic carbocycles. The minimum absolute atomic E-state index is 0.0502. The normalized spacial score (nSPS) is 10.5. The highest BCUT2D eigenvalue weighted by Gasteiger charge is 2.14. The molecule has 3 nitrogen and oxygen atoms in total. The Hall–Kier alpha value is -1.90. The van der Waals surface area contributed by atoms with Gasteiger partial charge in [0.2, 0.25) is 0 Å². The van der Waals surface area contributed by atoms with Gasteiger partial charge < -0.3 is 4.90 Å². The van der Waals surface area contributed by atoms with Crippen molar-refractivity contribution in [2.75, 3.05) is 13.6 Å². The minimum atomic E-state index is 0.0502. The highest BCUT2D eigenvalue weighted by molar-refractivity contribution is 6.06. The van der Waals surface area contributed by atoms with Crippen molar-refractivity contribution in [2.45, 2.75) is 13.8 Å². The highest BCUT2D eigenvalue weighted by atomic mass is 16.2. The Bertz CT molecular complexity index is 563. The van der Waals surface area contributed by atoms with Crippen LogP contribution in [0.15, 0.2) is 30.3 Å². The molecule has 1 amide bonds. The number of para-hydroxylation sites is 1. The molecule has 0 saturated heterocycles. The minimum Gasteiger partial charge on any atom is -0.342 e. The molecule has 0 N–H and O–H groups in total. The molecule has 0 saturated carbocycles. The molecule has 0 unspecified atom stereocenters. The smallest absolute Gasteiger partial charge is 0.254 e. The van der Waals surface area contributed by atoms with E-state index in [9.17, 15) is 4.79 Å². The predicted octanol–water partition coefficient (Wildman–Crippen LogP) is 2.64. The number of hydrogen-bond donors (Lipinski definition) is 0. The van der Waals surface area contributed by atoms with Gasteiger partial charge in [0.1, 0.15) is 0 Å². The van der Waals surface area contributed by atoms with Crippen molar-refractivity contribution in [3.8, 4) is 0 Å². The highest BCUT2D eigenvalue weighted by Crippen LogP contribution is 2.19. The van der Waals surface area contributed by atoms with Gasteiger partial charge >= 0.3 is 0 Å². The van der Waals surface area contributed by atoms with Gasteiger partial charge in [0.25, 0.3) is 5.91 Å². The van der Waals surface area contributed by atoms with Crippen LogP contribution in [-0.2, 0) is 0 Å². The molecule has 1 heterocycles. The van der Waals surface area contributed by atoms with Gasteiger partial charge in [-0.1, -0.05) is 18.2 Å². The fourth-order valence-electron chi connectivity index (χ4n) is 1.83. The van der Waals surface area contributed by atoms with Crippen molar-refractivity contribution in [1.29, 1.82) is 0 Å². The van der Waals surface area contributed by atoms with Crippen LogP contribution in [-0.4, -0.2) is 29.4 Å². The largest absolute Gasteiger partial charge is 0.342 e. The number of rotatable bonds is 2. The van der Waals surface area contributed by atoms with E-state index in [1.54, 1.807) is 4.90 Å². The summed E-state index contributed by atoms with van der Waals surface area (Å²) in [5.74, 6) is 0.0502. The first-order valence-corrected chi connectivity index (χ1v) is 5.75. The maximum Gasteiger partial charge on any atom is 0.254 e. The van der Waals surface area contributed by atoms with Crippen molar-refractivity contribution in [2.24, 2.45) is 0 Å². The number of aromatic nitrogens is 1. The summed E-state index contributed by atoms with van der Waals surface area (Å²) in [6.07, 6.45) is 0. The van der Waals surface area contributed by atoms with E-state index in [1.807, 2.05) is 51.2 Å². The van der Waals surface area contributed by atoms with E-state index < -0.39 is 0 Å². The van der Waals surface area contributed by atoms with Crippen LogP contribution in [0.25, 0.3) is 10.9 Å². The zero-order valence-corrected chi connectivity index (χ0v) is 10.4. The number of benzene rings is 1. The Morgan fingerprint density at radius 1 is 1.35 bits per heavy atom. The Kier molecular flexibility index (Phi) is 3.09. The summed E-state index contributed by atoms with van der Waals surface area (Å²) in [5.41, 5.74) is 2.48. The maximum absolute atomic E-state index is 12.2. The topological polar surface area (TPSA) is 33.2 Å². The zero-order chi connectivity index (χ0) is 12.4. The second-order valence-electron chi connectivity index (χ2n) is 4.15.